The Hall–Kier alpha value is -1.09. The summed E-state index contributed by atoms with van der Waals surface area (Å²) in [5.74, 6) is 0.713. The van der Waals surface area contributed by atoms with E-state index in [1.54, 1.807) is 11.3 Å². The Morgan fingerprint density at radius 3 is 2.84 bits per heavy atom. The Labute approximate surface area is 127 Å². The maximum Gasteiger partial charge on any atom is 0.181 e. The van der Waals surface area contributed by atoms with Crippen LogP contribution in [-0.2, 0) is 4.74 Å². The second-order valence-electron chi connectivity index (χ2n) is 3.96. The fourth-order valence-corrected chi connectivity index (χ4v) is 4.23. The first-order valence-corrected chi connectivity index (χ1v) is 7.60. The highest BCUT2D eigenvalue weighted by Crippen LogP contribution is 2.37. The quantitative estimate of drug-likeness (QED) is 0.632. The monoisotopic (exact) mass is 390 g/mol. The molecule has 1 fully saturated rings. The summed E-state index contributed by atoms with van der Waals surface area (Å²) in [5.41, 5.74) is 8.99. The van der Waals surface area contributed by atoms with Crippen LogP contribution in [0.2, 0.25) is 0 Å². The van der Waals surface area contributed by atoms with Crippen molar-refractivity contribution in [3.8, 4) is 6.07 Å². The molecule has 19 heavy (non-hydrogen) atoms. The summed E-state index contributed by atoms with van der Waals surface area (Å²) in [6, 6.07) is 2.30. The minimum atomic E-state index is 0.705. The Morgan fingerprint density at radius 1 is 1.42 bits per heavy atom. The molecule has 0 aromatic carbocycles. The predicted molar refractivity (Wildman–Crippen MR) is 80.7 cm³/mol. The molecule has 0 aliphatic carbocycles. The lowest BCUT2D eigenvalue weighted by atomic mass is 10.3. The fraction of sp³-hybridized carbons (Fsp3) is 0.400. The largest absolute Gasteiger partial charge is 0.378 e. The van der Waals surface area contributed by atoms with Gasteiger partial charge in [-0.2, -0.15) is 5.26 Å². The van der Waals surface area contributed by atoms with Gasteiger partial charge in [-0.15, -0.1) is 22.0 Å². The van der Waals surface area contributed by atoms with Crippen molar-refractivity contribution in [2.45, 2.75) is 0 Å². The molecule has 0 radical (unpaired) electrons. The molecule has 3 heterocycles. The van der Waals surface area contributed by atoms with Crippen LogP contribution in [0.15, 0.2) is 5.10 Å². The molecule has 0 amide bonds. The molecule has 1 aromatic rings. The third kappa shape index (κ3) is 2.36. The number of hydrazine groups is 2. The van der Waals surface area contributed by atoms with Gasteiger partial charge in [0.1, 0.15) is 16.6 Å². The highest BCUT2D eigenvalue weighted by molar-refractivity contribution is 14.1. The van der Waals surface area contributed by atoms with Crippen molar-refractivity contribution in [3.05, 3.63) is 14.0 Å². The van der Waals surface area contributed by atoms with Gasteiger partial charge in [-0.05, 0) is 22.6 Å². The van der Waals surface area contributed by atoms with E-state index in [1.807, 2.05) is 0 Å². The van der Waals surface area contributed by atoms with Gasteiger partial charge in [0, 0.05) is 13.1 Å². The van der Waals surface area contributed by atoms with Crippen molar-refractivity contribution >= 4 is 44.8 Å². The van der Waals surface area contributed by atoms with Crippen molar-refractivity contribution in [1.82, 2.24) is 16.5 Å². The maximum atomic E-state index is 9.39. The first-order chi connectivity index (χ1) is 9.31. The normalized spacial score (nSPS) is 18.5. The van der Waals surface area contributed by atoms with E-state index < -0.39 is 0 Å². The third-order valence-electron chi connectivity index (χ3n) is 2.86. The van der Waals surface area contributed by atoms with Crippen LogP contribution in [0.5, 0.6) is 0 Å². The maximum absolute atomic E-state index is 9.39. The average Bonchev–Trinajstić information content (AvgIpc) is 3.07. The van der Waals surface area contributed by atoms with Crippen LogP contribution in [0, 0.1) is 14.9 Å². The molecule has 0 saturated carbocycles. The Kier molecular flexibility index (Phi) is 3.74. The number of anilines is 1. The Balaban J connectivity index is 1.99. The molecule has 3 N–H and O–H groups in total. The van der Waals surface area contributed by atoms with Crippen LogP contribution in [0.4, 0.5) is 5.00 Å². The zero-order chi connectivity index (χ0) is 13.2. The molecule has 1 aromatic heterocycles. The number of ether oxygens (including phenoxy) is 1. The summed E-state index contributed by atoms with van der Waals surface area (Å²) in [6.45, 7) is 3.05. The molecule has 0 spiro atoms. The van der Waals surface area contributed by atoms with Crippen molar-refractivity contribution < 1.29 is 4.74 Å². The molecule has 0 bridgehead atoms. The summed E-state index contributed by atoms with van der Waals surface area (Å²) in [6.07, 6.45) is 0. The summed E-state index contributed by atoms with van der Waals surface area (Å²) >= 11 is 3.78. The van der Waals surface area contributed by atoms with Gasteiger partial charge in [0.2, 0.25) is 0 Å². The lowest BCUT2D eigenvalue weighted by molar-refractivity contribution is 0.123. The van der Waals surface area contributed by atoms with E-state index in [4.69, 9.17) is 4.74 Å². The minimum Gasteiger partial charge on any atom is -0.378 e. The van der Waals surface area contributed by atoms with E-state index in [9.17, 15) is 5.26 Å². The second kappa shape index (κ2) is 5.49. The number of morpholine rings is 1. The molecule has 0 unspecified atom stereocenters. The van der Waals surface area contributed by atoms with Gasteiger partial charge < -0.3 is 9.64 Å². The van der Waals surface area contributed by atoms with E-state index in [-0.39, 0.29) is 0 Å². The Morgan fingerprint density at radius 2 is 2.21 bits per heavy atom. The predicted octanol–water partition coefficient (Wildman–Crippen LogP) is 0.335. The van der Waals surface area contributed by atoms with Crippen molar-refractivity contribution in [2.24, 2.45) is 5.10 Å². The van der Waals surface area contributed by atoms with Gasteiger partial charge in [-0.3, -0.25) is 5.43 Å². The lowest BCUT2D eigenvalue weighted by Gasteiger charge is -2.27. The lowest BCUT2D eigenvalue weighted by Crippen LogP contribution is -2.36. The van der Waals surface area contributed by atoms with Crippen molar-refractivity contribution in [1.29, 1.82) is 5.26 Å². The Bertz CT molecular complexity index is 559. The number of hydrazone groups is 1. The molecule has 1 saturated heterocycles. The van der Waals surface area contributed by atoms with Gasteiger partial charge in [0.25, 0.3) is 0 Å². The van der Waals surface area contributed by atoms with E-state index in [2.05, 4.69) is 55.2 Å². The zero-order valence-corrected chi connectivity index (χ0v) is 12.8. The van der Waals surface area contributed by atoms with E-state index in [0.717, 1.165) is 32.1 Å². The van der Waals surface area contributed by atoms with Gasteiger partial charge in [-0.25, -0.2) is 5.53 Å². The van der Waals surface area contributed by atoms with Gasteiger partial charge in [-0.1, -0.05) is 0 Å². The van der Waals surface area contributed by atoms with Crippen LogP contribution in [0.3, 0.4) is 0 Å². The first kappa shape index (κ1) is 12.9. The SMILES string of the molecule is N#Cc1c(N2CCOCC2)sc(C2=NNNN2)c1I. The summed E-state index contributed by atoms with van der Waals surface area (Å²) in [5, 5.41) is 14.5. The van der Waals surface area contributed by atoms with E-state index in [1.165, 1.54) is 0 Å². The zero-order valence-electron chi connectivity index (χ0n) is 9.86. The number of nitriles is 1. The number of rotatable bonds is 2. The minimum absolute atomic E-state index is 0.705. The van der Waals surface area contributed by atoms with Gasteiger partial charge in [0.15, 0.2) is 5.84 Å². The van der Waals surface area contributed by atoms with Crippen LogP contribution in [0.25, 0.3) is 0 Å². The van der Waals surface area contributed by atoms with Crippen LogP contribution in [-0.4, -0.2) is 32.1 Å². The molecular weight excluding hydrogens is 379 g/mol. The van der Waals surface area contributed by atoms with Gasteiger partial charge >= 0.3 is 0 Å². The molecule has 0 atom stereocenters. The van der Waals surface area contributed by atoms with Crippen LogP contribution >= 0.6 is 33.9 Å². The van der Waals surface area contributed by atoms with Crippen molar-refractivity contribution in [2.75, 3.05) is 31.2 Å². The summed E-state index contributed by atoms with van der Waals surface area (Å²) in [4.78, 5) is 3.17. The topological polar surface area (TPSA) is 84.7 Å². The number of thiophene rings is 1. The van der Waals surface area contributed by atoms with Crippen LogP contribution in [0.1, 0.15) is 10.4 Å². The first-order valence-electron chi connectivity index (χ1n) is 5.70. The highest BCUT2D eigenvalue weighted by Gasteiger charge is 2.25. The molecule has 7 nitrogen and oxygen atoms in total. The van der Waals surface area contributed by atoms with E-state index in [0.29, 0.717) is 19.0 Å². The number of hydrogen-bond donors (Lipinski definition) is 3. The molecule has 9 heteroatoms. The standard InChI is InChI=1S/C10H11IN6OS/c11-7-6(5-12)10(17-1-3-18-4-2-17)19-8(7)9-13-15-16-14-9/h15-16H,1-4H2,(H,13,14). The summed E-state index contributed by atoms with van der Waals surface area (Å²) < 4.78 is 6.29. The fourth-order valence-electron chi connectivity index (χ4n) is 1.94. The molecule has 3 rings (SSSR count). The van der Waals surface area contributed by atoms with E-state index >= 15 is 0 Å². The number of hydrogen-bond acceptors (Lipinski definition) is 8. The number of amidine groups is 1. The molecule has 2 aliphatic heterocycles. The number of nitrogens with zero attached hydrogens (tertiary/aromatic N) is 3. The number of halogens is 1. The number of nitrogens with one attached hydrogen (secondary N) is 3. The summed E-state index contributed by atoms with van der Waals surface area (Å²) in [7, 11) is 0. The van der Waals surface area contributed by atoms with Crippen molar-refractivity contribution in [3.63, 3.8) is 0 Å². The third-order valence-corrected chi connectivity index (χ3v) is 5.56. The molecule has 2 aliphatic rings. The smallest absolute Gasteiger partial charge is 0.181 e. The van der Waals surface area contributed by atoms with Crippen LogP contribution < -0.4 is 21.4 Å². The van der Waals surface area contributed by atoms with Gasteiger partial charge in [0.05, 0.1) is 21.7 Å². The molecular formula is C10H11IN6OS. The second-order valence-corrected chi connectivity index (χ2v) is 6.04. The highest BCUT2D eigenvalue weighted by atomic mass is 127. The molecule has 100 valence electrons. The average molecular weight is 390 g/mol.